The van der Waals surface area contributed by atoms with Gasteiger partial charge in [0.2, 0.25) is 0 Å². The zero-order valence-electron chi connectivity index (χ0n) is 15.2. The Hall–Kier alpha value is -2.96. The number of ether oxygens (including phenoxy) is 1. The van der Waals surface area contributed by atoms with Gasteiger partial charge >= 0.3 is 0 Å². The molecule has 0 bridgehead atoms. The van der Waals surface area contributed by atoms with Gasteiger partial charge in [-0.25, -0.2) is 4.39 Å². The van der Waals surface area contributed by atoms with E-state index in [2.05, 4.69) is 0 Å². The molecule has 3 aromatic rings. The van der Waals surface area contributed by atoms with Crippen LogP contribution in [0.5, 0.6) is 5.75 Å². The Balaban J connectivity index is 1.51. The van der Waals surface area contributed by atoms with Crippen molar-refractivity contribution in [2.24, 2.45) is 0 Å². The average molecular weight is 422 g/mol. The highest BCUT2D eigenvalue weighted by Crippen LogP contribution is 2.36. The lowest BCUT2D eigenvalue weighted by molar-refractivity contribution is -0.113. The molecule has 0 saturated carbocycles. The summed E-state index contributed by atoms with van der Waals surface area (Å²) in [6.07, 6.45) is 1.79. The molecular formula is C23H16FNO2S2. The molecule has 6 heteroatoms. The Morgan fingerprint density at radius 3 is 2.55 bits per heavy atom. The number of hydrogen-bond acceptors (Lipinski definition) is 4. The summed E-state index contributed by atoms with van der Waals surface area (Å²) in [5.74, 6) is 0.151. The number of thioether (sulfide) groups is 1. The van der Waals surface area contributed by atoms with E-state index in [9.17, 15) is 9.18 Å². The van der Waals surface area contributed by atoms with Crippen LogP contribution in [0.3, 0.4) is 0 Å². The molecule has 1 aliphatic heterocycles. The van der Waals surface area contributed by atoms with Gasteiger partial charge in [0.15, 0.2) is 4.32 Å². The molecule has 1 saturated heterocycles. The second-order valence-electron chi connectivity index (χ2n) is 6.31. The number of hydrogen-bond donors (Lipinski definition) is 0. The molecule has 0 aromatic heterocycles. The first-order valence-electron chi connectivity index (χ1n) is 8.91. The fourth-order valence-corrected chi connectivity index (χ4v) is 4.19. The van der Waals surface area contributed by atoms with Crippen LogP contribution in [0.4, 0.5) is 10.1 Å². The summed E-state index contributed by atoms with van der Waals surface area (Å²) >= 11 is 6.66. The molecule has 3 nitrogen and oxygen atoms in total. The number of amides is 1. The zero-order valence-corrected chi connectivity index (χ0v) is 16.9. The maximum absolute atomic E-state index is 13.8. The van der Waals surface area contributed by atoms with Crippen LogP contribution in [0, 0.1) is 5.82 Å². The molecule has 4 rings (SSSR count). The van der Waals surface area contributed by atoms with Crippen molar-refractivity contribution < 1.29 is 13.9 Å². The SMILES string of the molecule is O=C1C(=Cc2cccc(OCc3ccccc3F)c2)SC(=S)N1c1ccccc1. The predicted molar refractivity (Wildman–Crippen MR) is 119 cm³/mol. The largest absolute Gasteiger partial charge is 0.489 e. The van der Waals surface area contributed by atoms with E-state index in [1.165, 1.54) is 22.7 Å². The van der Waals surface area contributed by atoms with Crippen LogP contribution < -0.4 is 9.64 Å². The molecule has 0 N–H and O–H groups in total. The Bertz CT molecular complexity index is 1100. The molecule has 144 valence electrons. The van der Waals surface area contributed by atoms with Crippen molar-refractivity contribution in [3.63, 3.8) is 0 Å². The normalized spacial score (nSPS) is 15.2. The van der Waals surface area contributed by atoms with Crippen molar-refractivity contribution in [3.8, 4) is 5.75 Å². The van der Waals surface area contributed by atoms with E-state index >= 15 is 0 Å². The lowest BCUT2D eigenvalue weighted by Crippen LogP contribution is -2.27. The quantitative estimate of drug-likeness (QED) is 0.384. The van der Waals surface area contributed by atoms with Crippen molar-refractivity contribution in [2.75, 3.05) is 4.90 Å². The summed E-state index contributed by atoms with van der Waals surface area (Å²) in [6.45, 7) is 0.131. The van der Waals surface area contributed by atoms with Crippen molar-refractivity contribution >= 4 is 46.0 Å². The third-order valence-electron chi connectivity index (χ3n) is 4.32. The van der Waals surface area contributed by atoms with Crippen LogP contribution >= 0.6 is 24.0 Å². The average Bonchev–Trinajstić information content (AvgIpc) is 3.01. The number of nitrogens with zero attached hydrogens (tertiary/aromatic N) is 1. The minimum atomic E-state index is -0.298. The molecule has 3 aromatic carbocycles. The first kappa shape index (κ1) is 19.4. The summed E-state index contributed by atoms with van der Waals surface area (Å²) < 4.78 is 20.0. The van der Waals surface area contributed by atoms with Gasteiger partial charge in [-0.3, -0.25) is 9.69 Å². The number of thiocarbonyl (C=S) groups is 1. The monoisotopic (exact) mass is 421 g/mol. The van der Waals surface area contributed by atoms with Crippen LogP contribution in [0.25, 0.3) is 6.08 Å². The highest BCUT2D eigenvalue weighted by atomic mass is 32.2. The van der Waals surface area contributed by atoms with E-state index in [1.54, 1.807) is 30.3 Å². The molecule has 0 atom stereocenters. The van der Waals surface area contributed by atoms with Crippen molar-refractivity contribution in [1.29, 1.82) is 0 Å². The van der Waals surface area contributed by atoms with Gasteiger partial charge in [0.25, 0.3) is 5.91 Å². The number of rotatable bonds is 5. The zero-order chi connectivity index (χ0) is 20.2. The lowest BCUT2D eigenvalue weighted by atomic mass is 10.2. The highest BCUT2D eigenvalue weighted by Gasteiger charge is 2.33. The highest BCUT2D eigenvalue weighted by molar-refractivity contribution is 8.27. The third-order valence-corrected chi connectivity index (χ3v) is 5.62. The first-order valence-corrected chi connectivity index (χ1v) is 10.1. The number of benzene rings is 3. The van der Waals surface area contributed by atoms with E-state index in [0.29, 0.717) is 20.5 Å². The Kier molecular flexibility index (Phi) is 5.74. The minimum Gasteiger partial charge on any atom is -0.489 e. The third kappa shape index (κ3) is 4.39. The molecule has 0 spiro atoms. The van der Waals surface area contributed by atoms with E-state index < -0.39 is 0 Å². The summed E-state index contributed by atoms with van der Waals surface area (Å²) in [6, 6.07) is 23.2. The second-order valence-corrected chi connectivity index (χ2v) is 7.98. The summed E-state index contributed by atoms with van der Waals surface area (Å²) in [5.41, 5.74) is 2.05. The van der Waals surface area contributed by atoms with E-state index in [0.717, 1.165) is 11.3 Å². The van der Waals surface area contributed by atoms with E-state index in [4.69, 9.17) is 17.0 Å². The number of halogens is 1. The van der Waals surface area contributed by atoms with Gasteiger partial charge in [-0.1, -0.05) is 72.5 Å². The number of carbonyl (C=O) groups excluding carboxylic acids is 1. The van der Waals surface area contributed by atoms with Crippen LogP contribution in [-0.4, -0.2) is 10.2 Å². The molecule has 1 heterocycles. The molecule has 29 heavy (non-hydrogen) atoms. The number of carbonyl (C=O) groups is 1. The van der Waals surface area contributed by atoms with Gasteiger partial charge in [-0.2, -0.15) is 0 Å². The van der Waals surface area contributed by atoms with Crippen molar-refractivity contribution in [1.82, 2.24) is 0 Å². The van der Waals surface area contributed by atoms with Crippen molar-refractivity contribution in [2.45, 2.75) is 6.61 Å². The molecule has 0 radical (unpaired) electrons. The predicted octanol–water partition coefficient (Wildman–Crippen LogP) is 5.81. The van der Waals surface area contributed by atoms with Gasteiger partial charge in [0, 0.05) is 5.56 Å². The molecule has 1 fully saturated rings. The summed E-state index contributed by atoms with van der Waals surface area (Å²) in [5, 5.41) is 0. The smallest absolute Gasteiger partial charge is 0.270 e. The summed E-state index contributed by atoms with van der Waals surface area (Å²) in [4.78, 5) is 14.9. The van der Waals surface area contributed by atoms with E-state index in [-0.39, 0.29) is 18.3 Å². The van der Waals surface area contributed by atoms with Gasteiger partial charge in [0.05, 0.1) is 10.6 Å². The maximum atomic E-state index is 13.8. The number of anilines is 1. The Morgan fingerprint density at radius 1 is 1.00 bits per heavy atom. The standard InChI is InChI=1S/C23H16FNO2S2/c24-20-12-5-4-8-17(20)15-27-19-11-6-7-16(13-19)14-21-22(26)25(23(28)29-21)18-9-2-1-3-10-18/h1-14H,15H2. The first-order chi connectivity index (χ1) is 14.1. The lowest BCUT2D eigenvalue weighted by Gasteiger charge is -2.13. The van der Waals surface area contributed by atoms with Crippen molar-refractivity contribution in [3.05, 3.63) is 101 Å². The van der Waals surface area contributed by atoms with Gasteiger partial charge < -0.3 is 4.74 Å². The van der Waals surface area contributed by atoms with E-state index in [1.807, 2.05) is 48.5 Å². The maximum Gasteiger partial charge on any atom is 0.270 e. The second kappa shape index (κ2) is 8.59. The summed E-state index contributed by atoms with van der Waals surface area (Å²) in [7, 11) is 0. The minimum absolute atomic E-state index is 0.131. The topological polar surface area (TPSA) is 29.5 Å². The molecule has 1 aliphatic rings. The van der Waals surface area contributed by atoms with Gasteiger partial charge in [-0.05, 0) is 42.0 Å². The fourth-order valence-electron chi connectivity index (χ4n) is 2.89. The molecular weight excluding hydrogens is 405 g/mol. The molecule has 1 amide bonds. The number of para-hydroxylation sites is 1. The Morgan fingerprint density at radius 2 is 1.76 bits per heavy atom. The van der Waals surface area contributed by atoms with Gasteiger partial charge in [-0.15, -0.1) is 0 Å². The van der Waals surface area contributed by atoms with Crippen LogP contribution in [0.1, 0.15) is 11.1 Å². The fraction of sp³-hybridized carbons (Fsp3) is 0.0435. The van der Waals surface area contributed by atoms with Crippen LogP contribution in [0.15, 0.2) is 83.8 Å². The molecule has 0 aliphatic carbocycles. The van der Waals surface area contributed by atoms with Crippen LogP contribution in [0.2, 0.25) is 0 Å². The molecule has 0 unspecified atom stereocenters. The van der Waals surface area contributed by atoms with Gasteiger partial charge in [0.1, 0.15) is 18.2 Å². The van der Waals surface area contributed by atoms with Crippen LogP contribution in [-0.2, 0) is 11.4 Å². The Labute approximate surface area is 177 Å².